The van der Waals surface area contributed by atoms with Gasteiger partial charge in [0.15, 0.2) is 5.43 Å². The van der Waals surface area contributed by atoms with Crippen molar-refractivity contribution in [3.05, 3.63) is 46.6 Å². The van der Waals surface area contributed by atoms with Gasteiger partial charge in [-0.15, -0.1) is 0 Å². The fourth-order valence-electron chi connectivity index (χ4n) is 3.25. The molecule has 156 valence electrons. The largest absolute Gasteiger partial charge is 0.493 e. The molecule has 0 bridgehead atoms. The molecular weight excluding hydrogens is 366 g/mol. The Bertz CT molecular complexity index is 909. The van der Waals surface area contributed by atoms with Gasteiger partial charge in [-0.05, 0) is 63.3 Å². The molecule has 1 heterocycles. The predicted molar refractivity (Wildman–Crippen MR) is 119 cm³/mol. The fourth-order valence-corrected chi connectivity index (χ4v) is 3.25. The fraction of sp³-hybridized carbons (Fsp3) is 0.435. The van der Waals surface area contributed by atoms with Crippen LogP contribution in [0.1, 0.15) is 26.7 Å². The van der Waals surface area contributed by atoms with E-state index in [1.165, 1.54) is 0 Å². The van der Waals surface area contributed by atoms with Crippen LogP contribution in [0.2, 0.25) is 0 Å². The maximum atomic E-state index is 12.9. The lowest BCUT2D eigenvalue weighted by Crippen LogP contribution is -2.16. The first-order valence-electron chi connectivity index (χ1n) is 10.5. The van der Waals surface area contributed by atoms with Gasteiger partial charge in [0, 0.05) is 22.9 Å². The zero-order valence-corrected chi connectivity index (χ0v) is 17.3. The van der Waals surface area contributed by atoms with Crippen LogP contribution in [-0.4, -0.2) is 44.4 Å². The molecule has 0 aliphatic heterocycles. The third-order valence-electron chi connectivity index (χ3n) is 4.77. The number of pyridine rings is 1. The molecule has 0 radical (unpaired) electrons. The van der Waals surface area contributed by atoms with Crippen molar-refractivity contribution in [2.24, 2.45) is 0 Å². The van der Waals surface area contributed by atoms with Gasteiger partial charge in [-0.25, -0.2) is 0 Å². The molecule has 1 aromatic heterocycles. The van der Waals surface area contributed by atoms with E-state index in [2.05, 4.69) is 29.5 Å². The summed E-state index contributed by atoms with van der Waals surface area (Å²) in [5, 5.41) is 7.88. The number of aromatic amines is 1. The Morgan fingerprint density at radius 1 is 0.793 bits per heavy atom. The molecule has 3 aromatic rings. The second kappa shape index (κ2) is 10.8. The summed E-state index contributed by atoms with van der Waals surface area (Å²) < 4.78 is 11.7. The summed E-state index contributed by atoms with van der Waals surface area (Å²) in [5.41, 5.74) is 1.57. The van der Waals surface area contributed by atoms with Crippen LogP contribution >= 0.6 is 0 Å². The highest BCUT2D eigenvalue weighted by atomic mass is 16.5. The number of ether oxygens (including phenoxy) is 2. The van der Waals surface area contributed by atoms with E-state index in [-0.39, 0.29) is 5.43 Å². The summed E-state index contributed by atoms with van der Waals surface area (Å²) >= 11 is 0. The van der Waals surface area contributed by atoms with Gasteiger partial charge < -0.3 is 25.1 Å². The zero-order chi connectivity index (χ0) is 20.5. The first-order chi connectivity index (χ1) is 14.2. The Labute approximate surface area is 171 Å². The highest BCUT2D eigenvalue weighted by Crippen LogP contribution is 2.23. The van der Waals surface area contributed by atoms with Gasteiger partial charge >= 0.3 is 0 Å². The number of H-pyrrole nitrogens is 1. The molecule has 3 rings (SSSR count). The summed E-state index contributed by atoms with van der Waals surface area (Å²) in [6, 6.07) is 11.2. The minimum atomic E-state index is 0.0196. The SMILES string of the molecule is CCNCCCOc1ccc2c(=O)c3ccc(OCCCNCC)cc3[nH]c2c1. The van der Waals surface area contributed by atoms with Crippen molar-refractivity contribution in [2.75, 3.05) is 39.4 Å². The van der Waals surface area contributed by atoms with Gasteiger partial charge in [0.25, 0.3) is 0 Å². The molecule has 29 heavy (non-hydrogen) atoms. The van der Waals surface area contributed by atoms with E-state index in [9.17, 15) is 4.79 Å². The van der Waals surface area contributed by atoms with Crippen molar-refractivity contribution in [3.63, 3.8) is 0 Å². The summed E-state index contributed by atoms with van der Waals surface area (Å²) in [7, 11) is 0. The van der Waals surface area contributed by atoms with Crippen molar-refractivity contribution >= 4 is 21.8 Å². The number of hydrogen-bond acceptors (Lipinski definition) is 5. The average Bonchev–Trinajstić information content (AvgIpc) is 2.73. The van der Waals surface area contributed by atoms with Gasteiger partial charge in [-0.3, -0.25) is 4.79 Å². The number of benzene rings is 2. The van der Waals surface area contributed by atoms with Crippen molar-refractivity contribution in [1.82, 2.24) is 15.6 Å². The molecule has 0 saturated heterocycles. The Balaban J connectivity index is 1.75. The number of fused-ring (bicyclic) bond motifs is 2. The van der Waals surface area contributed by atoms with Gasteiger partial charge in [-0.1, -0.05) is 13.8 Å². The van der Waals surface area contributed by atoms with E-state index < -0.39 is 0 Å². The van der Waals surface area contributed by atoms with E-state index in [1.807, 2.05) is 36.4 Å². The maximum Gasteiger partial charge on any atom is 0.197 e. The van der Waals surface area contributed by atoms with Gasteiger partial charge in [-0.2, -0.15) is 0 Å². The van der Waals surface area contributed by atoms with E-state index in [1.54, 1.807) is 0 Å². The molecular formula is C23H31N3O3. The number of rotatable bonds is 12. The molecule has 0 aliphatic rings. The van der Waals surface area contributed by atoms with Crippen LogP contribution in [0.4, 0.5) is 0 Å². The topological polar surface area (TPSA) is 75.4 Å². The molecule has 0 saturated carbocycles. The molecule has 6 heteroatoms. The summed E-state index contributed by atoms with van der Waals surface area (Å²) in [6.07, 6.45) is 1.88. The summed E-state index contributed by atoms with van der Waals surface area (Å²) in [4.78, 5) is 16.2. The lowest BCUT2D eigenvalue weighted by molar-refractivity contribution is 0.309. The molecule has 0 amide bonds. The normalized spacial score (nSPS) is 11.2. The molecule has 0 spiro atoms. The van der Waals surface area contributed by atoms with E-state index in [0.29, 0.717) is 24.0 Å². The second-order valence-electron chi connectivity index (χ2n) is 6.98. The lowest BCUT2D eigenvalue weighted by Gasteiger charge is -2.10. The van der Waals surface area contributed by atoms with Gasteiger partial charge in [0.05, 0.1) is 24.2 Å². The predicted octanol–water partition coefficient (Wildman–Crippen LogP) is 3.44. The van der Waals surface area contributed by atoms with Crippen LogP contribution in [0.5, 0.6) is 11.5 Å². The molecule has 3 N–H and O–H groups in total. The first-order valence-corrected chi connectivity index (χ1v) is 10.5. The zero-order valence-electron chi connectivity index (χ0n) is 17.3. The molecule has 0 unspecified atom stereocenters. The van der Waals surface area contributed by atoms with Crippen LogP contribution in [-0.2, 0) is 0 Å². The maximum absolute atomic E-state index is 12.9. The van der Waals surface area contributed by atoms with Crippen LogP contribution in [0.15, 0.2) is 41.2 Å². The number of aromatic nitrogens is 1. The van der Waals surface area contributed by atoms with E-state index in [0.717, 1.165) is 61.6 Å². The minimum Gasteiger partial charge on any atom is -0.493 e. The first kappa shape index (κ1) is 21.1. The lowest BCUT2D eigenvalue weighted by atomic mass is 10.1. The standard InChI is InChI=1S/C23H31N3O3/c1-3-24-11-5-13-28-17-7-9-19-21(15-17)26-22-16-18(8-10-20(22)23(19)27)29-14-6-12-25-4-2/h7-10,15-16,24-25H,3-6,11-14H2,1-2H3,(H,26,27). The molecule has 0 fully saturated rings. The quantitative estimate of drug-likeness (QED) is 0.322. The van der Waals surface area contributed by atoms with Gasteiger partial charge in [0.1, 0.15) is 11.5 Å². The molecule has 2 aromatic carbocycles. The average molecular weight is 398 g/mol. The monoisotopic (exact) mass is 397 g/mol. The van der Waals surface area contributed by atoms with Crippen molar-refractivity contribution < 1.29 is 9.47 Å². The number of nitrogens with one attached hydrogen (secondary N) is 3. The van der Waals surface area contributed by atoms with Crippen LogP contribution < -0.4 is 25.5 Å². The summed E-state index contributed by atoms with van der Waals surface area (Å²) in [5.74, 6) is 1.53. The number of hydrogen-bond donors (Lipinski definition) is 3. The third kappa shape index (κ3) is 5.71. The van der Waals surface area contributed by atoms with E-state index in [4.69, 9.17) is 9.47 Å². The van der Waals surface area contributed by atoms with Crippen molar-refractivity contribution in [1.29, 1.82) is 0 Å². The smallest absolute Gasteiger partial charge is 0.197 e. The van der Waals surface area contributed by atoms with Crippen LogP contribution in [0.3, 0.4) is 0 Å². The Morgan fingerprint density at radius 2 is 1.28 bits per heavy atom. The van der Waals surface area contributed by atoms with Crippen molar-refractivity contribution in [3.8, 4) is 11.5 Å². The van der Waals surface area contributed by atoms with Crippen LogP contribution in [0.25, 0.3) is 21.8 Å². The van der Waals surface area contributed by atoms with Crippen LogP contribution in [0, 0.1) is 0 Å². The third-order valence-corrected chi connectivity index (χ3v) is 4.77. The highest BCUT2D eigenvalue weighted by Gasteiger charge is 2.08. The Kier molecular flexibility index (Phi) is 7.90. The second-order valence-corrected chi connectivity index (χ2v) is 6.98. The highest BCUT2D eigenvalue weighted by molar-refractivity contribution is 5.93. The molecule has 6 nitrogen and oxygen atoms in total. The Hall–Kier alpha value is -2.57. The van der Waals surface area contributed by atoms with Gasteiger partial charge in [0.2, 0.25) is 0 Å². The van der Waals surface area contributed by atoms with E-state index >= 15 is 0 Å². The Morgan fingerprint density at radius 3 is 1.72 bits per heavy atom. The molecule has 0 atom stereocenters. The summed E-state index contributed by atoms with van der Waals surface area (Å²) in [6.45, 7) is 9.25. The van der Waals surface area contributed by atoms with Crippen molar-refractivity contribution in [2.45, 2.75) is 26.7 Å². The minimum absolute atomic E-state index is 0.0196. The molecule has 0 aliphatic carbocycles.